The van der Waals surface area contributed by atoms with Crippen LogP contribution in [-0.2, 0) is 0 Å². The quantitative estimate of drug-likeness (QED) is 0.388. The Labute approximate surface area is 64.6 Å². The van der Waals surface area contributed by atoms with Gasteiger partial charge < -0.3 is 0 Å². The molecule has 0 spiro atoms. The van der Waals surface area contributed by atoms with Gasteiger partial charge in [-0.3, -0.25) is 0 Å². The van der Waals surface area contributed by atoms with Crippen molar-refractivity contribution in [1.82, 2.24) is 0 Å². The minimum Gasteiger partial charge on any atom is -0.103 e. The molecule has 0 saturated heterocycles. The van der Waals surface area contributed by atoms with Gasteiger partial charge in [-0.05, 0) is 32.1 Å². The molecule has 0 aliphatic heterocycles. The first kappa shape index (κ1) is 9.48. The van der Waals surface area contributed by atoms with Crippen LogP contribution in [0.2, 0.25) is 0 Å². The number of unbranched alkanes of at least 4 members (excludes halogenated alkanes) is 3. The lowest BCUT2D eigenvalue weighted by molar-refractivity contribution is 0.930. The van der Waals surface area contributed by atoms with E-state index in [1.807, 2.05) is 6.08 Å². The molecule has 0 saturated carbocycles. The van der Waals surface area contributed by atoms with Crippen molar-refractivity contribution in [2.45, 2.75) is 32.6 Å². The Morgan fingerprint density at radius 1 is 1.20 bits per heavy atom. The Kier molecular flexibility index (Phi) is 8.04. The molecule has 0 heteroatoms. The largest absolute Gasteiger partial charge is 0.103 e. The van der Waals surface area contributed by atoms with E-state index in [0.29, 0.717) is 0 Å². The van der Waals surface area contributed by atoms with E-state index in [9.17, 15) is 0 Å². The highest BCUT2D eigenvalue weighted by Crippen LogP contribution is 1.99. The standard InChI is InChI=1S/C10H17/c1-3-5-7-9-10-8-6-4-2/h3,6-8H,1,4-5,9-10H2,2H3. The Morgan fingerprint density at radius 2 is 2.00 bits per heavy atom. The van der Waals surface area contributed by atoms with Gasteiger partial charge in [0, 0.05) is 0 Å². The molecule has 10 heavy (non-hydrogen) atoms. The molecular formula is C10H17. The van der Waals surface area contributed by atoms with E-state index in [-0.39, 0.29) is 0 Å². The van der Waals surface area contributed by atoms with Gasteiger partial charge in [0.05, 0.1) is 0 Å². The molecule has 0 atom stereocenters. The monoisotopic (exact) mass is 137 g/mol. The molecule has 0 aromatic heterocycles. The second kappa shape index (κ2) is 8.48. The Balaban J connectivity index is 2.89. The van der Waals surface area contributed by atoms with Crippen molar-refractivity contribution in [3.05, 3.63) is 31.2 Å². The molecule has 0 unspecified atom stereocenters. The molecule has 0 fully saturated rings. The molecule has 0 nitrogen and oxygen atoms in total. The van der Waals surface area contributed by atoms with E-state index >= 15 is 0 Å². The highest BCUT2D eigenvalue weighted by molar-refractivity contribution is 4.84. The maximum absolute atomic E-state index is 3.65. The van der Waals surface area contributed by atoms with Crippen molar-refractivity contribution in [2.75, 3.05) is 0 Å². The third-order valence-corrected chi connectivity index (χ3v) is 1.27. The summed E-state index contributed by atoms with van der Waals surface area (Å²) >= 11 is 0. The molecule has 0 N–H and O–H groups in total. The summed E-state index contributed by atoms with van der Waals surface area (Å²) in [4.78, 5) is 0. The van der Waals surface area contributed by atoms with Gasteiger partial charge in [0.15, 0.2) is 0 Å². The average Bonchev–Trinajstić information content (AvgIpc) is 1.97. The van der Waals surface area contributed by atoms with Crippen molar-refractivity contribution in [3.8, 4) is 0 Å². The van der Waals surface area contributed by atoms with Crippen molar-refractivity contribution < 1.29 is 0 Å². The van der Waals surface area contributed by atoms with Gasteiger partial charge >= 0.3 is 0 Å². The number of hydrogen-bond donors (Lipinski definition) is 0. The van der Waals surface area contributed by atoms with Gasteiger partial charge in [-0.15, -0.1) is 6.58 Å². The van der Waals surface area contributed by atoms with E-state index in [1.54, 1.807) is 0 Å². The molecule has 0 heterocycles. The molecule has 0 aromatic rings. The maximum Gasteiger partial charge on any atom is -0.0322 e. The molecule has 0 rings (SSSR count). The lowest BCUT2D eigenvalue weighted by Gasteiger charge is -1.90. The highest BCUT2D eigenvalue weighted by atomic mass is 13.9. The van der Waals surface area contributed by atoms with Crippen LogP contribution in [-0.4, -0.2) is 0 Å². The van der Waals surface area contributed by atoms with E-state index in [0.717, 1.165) is 12.8 Å². The summed E-state index contributed by atoms with van der Waals surface area (Å²) in [6.07, 6.45) is 13.2. The van der Waals surface area contributed by atoms with Crippen molar-refractivity contribution in [1.29, 1.82) is 0 Å². The van der Waals surface area contributed by atoms with Crippen LogP contribution in [0.15, 0.2) is 24.8 Å². The molecule has 1 radical (unpaired) electrons. The first-order valence-corrected chi connectivity index (χ1v) is 3.99. The van der Waals surface area contributed by atoms with Gasteiger partial charge in [-0.25, -0.2) is 0 Å². The number of rotatable bonds is 6. The highest BCUT2D eigenvalue weighted by Gasteiger charge is 1.81. The molecule has 0 aliphatic rings. The summed E-state index contributed by atoms with van der Waals surface area (Å²) in [7, 11) is 0. The summed E-state index contributed by atoms with van der Waals surface area (Å²) in [6.45, 7) is 5.80. The minimum absolute atomic E-state index is 1.04. The Bertz CT molecular complexity index is 90.2. The second-order valence-electron chi connectivity index (χ2n) is 2.27. The van der Waals surface area contributed by atoms with Crippen LogP contribution in [0.5, 0.6) is 0 Å². The number of allylic oxidation sites excluding steroid dienone is 3. The van der Waals surface area contributed by atoms with Crippen molar-refractivity contribution in [3.63, 3.8) is 0 Å². The van der Waals surface area contributed by atoms with Crippen LogP contribution in [0.1, 0.15) is 32.6 Å². The fraction of sp³-hybridized carbons (Fsp3) is 0.500. The van der Waals surface area contributed by atoms with Crippen LogP contribution in [0.25, 0.3) is 0 Å². The lowest BCUT2D eigenvalue weighted by atomic mass is 10.2. The van der Waals surface area contributed by atoms with Crippen LogP contribution in [0.4, 0.5) is 0 Å². The van der Waals surface area contributed by atoms with Crippen molar-refractivity contribution in [2.24, 2.45) is 0 Å². The fourth-order valence-electron chi connectivity index (χ4n) is 0.734. The lowest BCUT2D eigenvalue weighted by Crippen LogP contribution is -1.72. The average molecular weight is 137 g/mol. The van der Waals surface area contributed by atoms with Gasteiger partial charge in [-0.2, -0.15) is 0 Å². The SMILES string of the molecule is C=CC[CH]CCC=CCC. The van der Waals surface area contributed by atoms with Crippen LogP contribution >= 0.6 is 0 Å². The molecule has 57 valence electrons. The van der Waals surface area contributed by atoms with Crippen LogP contribution in [0.3, 0.4) is 0 Å². The summed E-state index contributed by atoms with van der Waals surface area (Å²) < 4.78 is 0. The zero-order valence-electron chi connectivity index (χ0n) is 6.84. The summed E-state index contributed by atoms with van der Waals surface area (Å²) in [5.74, 6) is 0. The van der Waals surface area contributed by atoms with Gasteiger partial charge in [-0.1, -0.05) is 25.2 Å². The normalized spacial score (nSPS) is 10.5. The Morgan fingerprint density at radius 3 is 2.60 bits per heavy atom. The third kappa shape index (κ3) is 7.48. The molecule has 0 aromatic carbocycles. The van der Waals surface area contributed by atoms with Gasteiger partial charge in [0.1, 0.15) is 0 Å². The second-order valence-corrected chi connectivity index (χ2v) is 2.27. The van der Waals surface area contributed by atoms with E-state index < -0.39 is 0 Å². The first-order valence-electron chi connectivity index (χ1n) is 3.99. The maximum atomic E-state index is 3.65. The molecular weight excluding hydrogens is 120 g/mol. The van der Waals surface area contributed by atoms with Crippen molar-refractivity contribution >= 4 is 0 Å². The summed E-state index contributed by atoms with van der Waals surface area (Å²) in [5, 5.41) is 0. The fourth-order valence-corrected chi connectivity index (χ4v) is 0.734. The predicted octanol–water partition coefficient (Wildman–Crippen LogP) is 3.51. The third-order valence-electron chi connectivity index (χ3n) is 1.27. The van der Waals surface area contributed by atoms with Crippen LogP contribution in [0, 0.1) is 6.42 Å². The summed E-state index contributed by atoms with van der Waals surface area (Å²) in [6, 6.07) is 0. The molecule has 0 aliphatic carbocycles. The van der Waals surface area contributed by atoms with Gasteiger partial charge in [0.25, 0.3) is 0 Å². The van der Waals surface area contributed by atoms with E-state index in [1.165, 1.54) is 12.8 Å². The minimum atomic E-state index is 1.04. The topological polar surface area (TPSA) is 0 Å². The predicted molar refractivity (Wildman–Crippen MR) is 47.8 cm³/mol. The number of hydrogen-bond acceptors (Lipinski definition) is 0. The van der Waals surface area contributed by atoms with Gasteiger partial charge in [0.2, 0.25) is 0 Å². The summed E-state index contributed by atoms with van der Waals surface area (Å²) in [5.41, 5.74) is 0. The first-order chi connectivity index (χ1) is 4.91. The van der Waals surface area contributed by atoms with E-state index in [2.05, 4.69) is 32.1 Å². The Hall–Kier alpha value is -0.520. The molecule has 0 amide bonds. The molecule has 0 bridgehead atoms. The zero-order valence-corrected chi connectivity index (χ0v) is 6.84. The smallest absolute Gasteiger partial charge is 0.0322 e. The van der Waals surface area contributed by atoms with E-state index in [4.69, 9.17) is 0 Å². The van der Waals surface area contributed by atoms with Crippen LogP contribution < -0.4 is 0 Å². The zero-order chi connectivity index (χ0) is 7.66.